The molecule has 7 nitrogen and oxygen atoms in total. The highest BCUT2D eigenvalue weighted by Gasteiger charge is 2.27. The van der Waals surface area contributed by atoms with Gasteiger partial charge in [-0.05, 0) is 58.1 Å². The molecule has 1 saturated carbocycles. The van der Waals surface area contributed by atoms with Crippen LogP contribution in [0.25, 0.3) is 0 Å². The molecule has 0 heterocycles. The minimum Gasteiger partial charge on any atom is -0.444 e. The lowest BCUT2D eigenvalue weighted by Gasteiger charge is -2.21. The van der Waals surface area contributed by atoms with Crippen molar-refractivity contribution < 1.29 is 14.5 Å². The summed E-state index contributed by atoms with van der Waals surface area (Å²) in [4.78, 5) is 22.1. The maximum Gasteiger partial charge on any atom is 0.407 e. The van der Waals surface area contributed by atoms with E-state index in [4.69, 9.17) is 16.3 Å². The molecule has 1 aromatic rings. The summed E-state index contributed by atoms with van der Waals surface area (Å²) in [7, 11) is 0. The van der Waals surface area contributed by atoms with Crippen LogP contribution in [0.15, 0.2) is 18.2 Å². The SMILES string of the molecule is CC(C)(C)OC(=O)N[C@H]1CC[C@@H](CNc2ccc([N+](=O)[O-])c(Cl)c2)C1. The smallest absolute Gasteiger partial charge is 0.407 e. The molecule has 2 rings (SSSR count). The van der Waals surface area contributed by atoms with Crippen LogP contribution in [0.5, 0.6) is 0 Å². The lowest BCUT2D eigenvalue weighted by atomic mass is 10.1. The van der Waals surface area contributed by atoms with E-state index in [0.717, 1.165) is 31.5 Å². The average molecular weight is 370 g/mol. The number of carbonyl (C=O) groups excluding carboxylic acids is 1. The quantitative estimate of drug-likeness (QED) is 0.594. The van der Waals surface area contributed by atoms with Crippen molar-refractivity contribution in [1.82, 2.24) is 5.32 Å². The van der Waals surface area contributed by atoms with Crippen LogP contribution in [0.3, 0.4) is 0 Å². The third kappa shape index (κ3) is 6.08. The van der Waals surface area contributed by atoms with Gasteiger partial charge in [-0.25, -0.2) is 4.79 Å². The largest absolute Gasteiger partial charge is 0.444 e. The summed E-state index contributed by atoms with van der Waals surface area (Å²) in [5.41, 5.74) is 0.146. The molecule has 2 atom stereocenters. The van der Waals surface area contributed by atoms with Gasteiger partial charge in [0, 0.05) is 24.3 Å². The Morgan fingerprint density at radius 2 is 2.12 bits per heavy atom. The van der Waals surface area contributed by atoms with Gasteiger partial charge in [-0.2, -0.15) is 0 Å². The predicted molar refractivity (Wildman–Crippen MR) is 97.1 cm³/mol. The monoisotopic (exact) mass is 369 g/mol. The molecule has 1 aromatic carbocycles. The summed E-state index contributed by atoms with van der Waals surface area (Å²) in [6.45, 7) is 6.23. The molecule has 1 aliphatic rings. The summed E-state index contributed by atoms with van der Waals surface area (Å²) in [5.74, 6) is 0.411. The first-order chi connectivity index (χ1) is 11.6. The third-order valence-electron chi connectivity index (χ3n) is 4.00. The molecular weight excluding hydrogens is 346 g/mol. The van der Waals surface area contributed by atoms with Crippen molar-refractivity contribution in [3.05, 3.63) is 33.3 Å². The molecule has 1 amide bonds. The molecule has 0 aromatic heterocycles. The maximum atomic E-state index is 11.8. The zero-order valence-electron chi connectivity index (χ0n) is 14.7. The second-order valence-electron chi connectivity index (χ2n) is 7.33. The van der Waals surface area contributed by atoms with Crippen LogP contribution in [0.4, 0.5) is 16.2 Å². The first kappa shape index (κ1) is 19.3. The van der Waals surface area contributed by atoms with Crippen LogP contribution >= 0.6 is 11.6 Å². The van der Waals surface area contributed by atoms with E-state index < -0.39 is 10.5 Å². The molecule has 0 aliphatic heterocycles. The molecule has 1 aliphatic carbocycles. The number of nitro groups is 1. The van der Waals surface area contributed by atoms with Gasteiger partial charge in [-0.15, -0.1) is 0 Å². The van der Waals surface area contributed by atoms with Gasteiger partial charge in [0.05, 0.1) is 4.92 Å². The molecule has 0 bridgehead atoms. The molecule has 0 radical (unpaired) electrons. The van der Waals surface area contributed by atoms with Crippen molar-refractivity contribution in [3.63, 3.8) is 0 Å². The number of alkyl carbamates (subject to hydrolysis) is 1. The van der Waals surface area contributed by atoms with Gasteiger partial charge in [0.15, 0.2) is 0 Å². The number of hydrogen-bond donors (Lipinski definition) is 2. The van der Waals surface area contributed by atoms with Crippen molar-refractivity contribution in [3.8, 4) is 0 Å². The van der Waals surface area contributed by atoms with Crippen molar-refractivity contribution >= 4 is 29.1 Å². The fraction of sp³-hybridized carbons (Fsp3) is 0.588. The third-order valence-corrected chi connectivity index (χ3v) is 4.30. The minimum absolute atomic E-state index is 0.102. The fourth-order valence-electron chi connectivity index (χ4n) is 2.89. The number of anilines is 1. The van der Waals surface area contributed by atoms with E-state index in [1.807, 2.05) is 20.8 Å². The van der Waals surface area contributed by atoms with Crippen LogP contribution in [0.2, 0.25) is 5.02 Å². The van der Waals surface area contributed by atoms with Crippen LogP contribution in [-0.2, 0) is 4.74 Å². The molecule has 0 spiro atoms. The van der Waals surface area contributed by atoms with E-state index in [-0.39, 0.29) is 22.8 Å². The van der Waals surface area contributed by atoms with Gasteiger partial charge in [-0.3, -0.25) is 10.1 Å². The van der Waals surface area contributed by atoms with Crippen LogP contribution in [0, 0.1) is 16.0 Å². The fourth-order valence-corrected chi connectivity index (χ4v) is 3.14. The number of halogens is 1. The highest BCUT2D eigenvalue weighted by atomic mass is 35.5. The number of nitro benzene ring substituents is 1. The van der Waals surface area contributed by atoms with Crippen LogP contribution in [0.1, 0.15) is 40.0 Å². The van der Waals surface area contributed by atoms with E-state index >= 15 is 0 Å². The minimum atomic E-state index is -0.504. The number of rotatable bonds is 5. The van der Waals surface area contributed by atoms with Gasteiger partial charge < -0.3 is 15.4 Å². The van der Waals surface area contributed by atoms with Gasteiger partial charge in [-0.1, -0.05) is 11.6 Å². The maximum absolute atomic E-state index is 11.8. The summed E-state index contributed by atoms with van der Waals surface area (Å²) < 4.78 is 5.27. The number of carbonyl (C=O) groups is 1. The van der Waals surface area contributed by atoms with Crippen molar-refractivity contribution in [2.75, 3.05) is 11.9 Å². The number of benzene rings is 1. The van der Waals surface area contributed by atoms with Gasteiger partial charge in [0.25, 0.3) is 5.69 Å². The number of nitrogens with one attached hydrogen (secondary N) is 2. The summed E-state index contributed by atoms with van der Waals surface area (Å²) in [5, 5.41) is 17.0. The Kier molecular flexibility index (Phi) is 6.11. The van der Waals surface area contributed by atoms with Crippen molar-refractivity contribution in [2.45, 2.75) is 51.7 Å². The van der Waals surface area contributed by atoms with Gasteiger partial charge >= 0.3 is 6.09 Å². The van der Waals surface area contributed by atoms with E-state index in [0.29, 0.717) is 5.92 Å². The Labute approximate surface area is 152 Å². The zero-order valence-corrected chi connectivity index (χ0v) is 15.4. The number of hydrogen-bond acceptors (Lipinski definition) is 5. The highest BCUT2D eigenvalue weighted by molar-refractivity contribution is 6.32. The molecule has 25 heavy (non-hydrogen) atoms. The Morgan fingerprint density at radius 3 is 2.72 bits per heavy atom. The molecule has 0 saturated heterocycles. The standard InChI is InChI=1S/C17H24ClN3O4/c1-17(2,3)25-16(22)20-13-5-4-11(8-13)10-19-12-6-7-15(21(23)24)14(18)9-12/h6-7,9,11,13,19H,4-5,8,10H2,1-3H3,(H,20,22)/t11-,13+/m1/s1. The predicted octanol–water partition coefficient (Wildman–Crippen LogP) is 4.35. The number of amides is 1. The lowest BCUT2D eigenvalue weighted by Crippen LogP contribution is -2.38. The molecular formula is C17H24ClN3O4. The molecule has 0 unspecified atom stereocenters. The van der Waals surface area contributed by atoms with Gasteiger partial charge in [0.1, 0.15) is 10.6 Å². The van der Waals surface area contributed by atoms with Crippen molar-refractivity contribution in [2.24, 2.45) is 5.92 Å². The van der Waals surface area contributed by atoms with Gasteiger partial charge in [0.2, 0.25) is 0 Å². The van der Waals surface area contributed by atoms with E-state index in [9.17, 15) is 14.9 Å². The number of ether oxygens (including phenoxy) is 1. The second kappa shape index (κ2) is 7.91. The normalized spacial score (nSPS) is 20.2. The Bertz CT molecular complexity index is 645. The van der Waals surface area contributed by atoms with Crippen LogP contribution in [-0.4, -0.2) is 29.2 Å². The lowest BCUT2D eigenvalue weighted by molar-refractivity contribution is -0.384. The summed E-state index contributed by atoms with van der Waals surface area (Å²) in [6, 6.07) is 4.72. The number of nitrogens with zero attached hydrogens (tertiary/aromatic N) is 1. The van der Waals surface area contributed by atoms with E-state index in [1.165, 1.54) is 6.07 Å². The van der Waals surface area contributed by atoms with E-state index in [2.05, 4.69) is 10.6 Å². The zero-order chi connectivity index (χ0) is 18.6. The Hall–Kier alpha value is -2.02. The molecule has 8 heteroatoms. The Morgan fingerprint density at radius 1 is 1.40 bits per heavy atom. The average Bonchev–Trinajstić information content (AvgIpc) is 2.90. The van der Waals surface area contributed by atoms with Crippen molar-refractivity contribution in [1.29, 1.82) is 0 Å². The first-order valence-electron chi connectivity index (χ1n) is 8.31. The van der Waals surface area contributed by atoms with Crippen LogP contribution < -0.4 is 10.6 Å². The summed E-state index contributed by atoms with van der Waals surface area (Å²) >= 11 is 5.91. The molecule has 138 valence electrons. The topological polar surface area (TPSA) is 93.5 Å². The Balaban J connectivity index is 1.79. The van der Waals surface area contributed by atoms with E-state index in [1.54, 1.807) is 12.1 Å². The molecule has 1 fully saturated rings. The molecule has 2 N–H and O–H groups in total. The first-order valence-corrected chi connectivity index (χ1v) is 8.69. The summed E-state index contributed by atoms with van der Waals surface area (Å²) in [6.07, 6.45) is 2.39. The highest BCUT2D eigenvalue weighted by Crippen LogP contribution is 2.29. The second-order valence-corrected chi connectivity index (χ2v) is 7.73.